The van der Waals surface area contributed by atoms with Crippen molar-refractivity contribution in [3.8, 4) is 0 Å². The number of alkyl halides is 2. The van der Waals surface area contributed by atoms with E-state index in [0.29, 0.717) is 11.8 Å². The highest BCUT2D eigenvalue weighted by molar-refractivity contribution is 6.30. The molecule has 0 N–H and O–H groups in total. The van der Waals surface area contributed by atoms with E-state index in [2.05, 4.69) is 12.1 Å². The van der Waals surface area contributed by atoms with Crippen LogP contribution in [0.2, 0.25) is 0 Å². The van der Waals surface area contributed by atoms with Crippen molar-refractivity contribution in [2.75, 3.05) is 5.88 Å². The van der Waals surface area contributed by atoms with Crippen LogP contribution in [0.4, 0.5) is 0 Å². The molecule has 1 fully saturated rings. The van der Waals surface area contributed by atoms with Crippen LogP contribution in [-0.4, -0.2) is 5.88 Å². The maximum Gasteiger partial charge on any atom is 0.0857 e. The van der Waals surface area contributed by atoms with Crippen molar-refractivity contribution in [1.29, 1.82) is 0 Å². The van der Waals surface area contributed by atoms with Gasteiger partial charge in [0.15, 0.2) is 0 Å². The van der Waals surface area contributed by atoms with Crippen LogP contribution < -0.4 is 0 Å². The monoisotopic (exact) mass is 242 g/mol. The van der Waals surface area contributed by atoms with Crippen molar-refractivity contribution in [1.82, 2.24) is 0 Å². The van der Waals surface area contributed by atoms with Crippen LogP contribution in [0, 0.1) is 5.92 Å². The maximum atomic E-state index is 6.72. The Morgan fingerprint density at radius 1 is 1.13 bits per heavy atom. The third-order valence-electron chi connectivity index (χ3n) is 3.45. The molecule has 0 heterocycles. The fourth-order valence-corrected chi connectivity index (χ4v) is 3.24. The van der Waals surface area contributed by atoms with Gasteiger partial charge in [0.25, 0.3) is 0 Å². The molecule has 0 nitrogen and oxygen atoms in total. The van der Waals surface area contributed by atoms with Gasteiger partial charge in [-0.05, 0) is 24.3 Å². The lowest BCUT2D eigenvalue weighted by Crippen LogP contribution is -2.29. The zero-order chi connectivity index (χ0) is 10.7. The van der Waals surface area contributed by atoms with Crippen LogP contribution in [0.5, 0.6) is 0 Å². The molecule has 1 atom stereocenters. The van der Waals surface area contributed by atoms with E-state index >= 15 is 0 Å². The summed E-state index contributed by atoms with van der Waals surface area (Å²) < 4.78 is 0. The number of rotatable bonds is 3. The topological polar surface area (TPSA) is 0 Å². The van der Waals surface area contributed by atoms with E-state index in [1.165, 1.54) is 31.2 Å². The molecule has 2 rings (SSSR count). The van der Waals surface area contributed by atoms with E-state index in [1.54, 1.807) is 0 Å². The molecule has 0 bridgehead atoms. The molecule has 1 aliphatic rings. The Labute approximate surface area is 102 Å². The second-order valence-electron chi connectivity index (χ2n) is 4.34. The molecule has 1 aromatic rings. The molecule has 0 radical (unpaired) electrons. The number of halogens is 2. The predicted molar refractivity (Wildman–Crippen MR) is 66.7 cm³/mol. The van der Waals surface area contributed by atoms with Crippen LogP contribution in [0.15, 0.2) is 30.3 Å². The summed E-state index contributed by atoms with van der Waals surface area (Å²) in [4.78, 5) is -0.348. The summed E-state index contributed by atoms with van der Waals surface area (Å²) in [6, 6.07) is 10.3. The van der Waals surface area contributed by atoms with Gasteiger partial charge in [-0.15, -0.1) is 23.2 Å². The van der Waals surface area contributed by atoms with Crippen molar-refractivity contribution in [3.63, 3.8) is 0 Å². The Balaban J connectivity index is 2.28. The zero-order valence-corrected chi connectivity index (χ0v) is 10.3. The molecule has 1 unspecified atom stereocenters. The highest BCUT2D eigenvalue weighted by atomic mass is 35.5. The Morgan fingerprint density at radius 3 is 2.27 bits per heavy atom. The molecule has 1 aliphatic carbocycles. The minimum Gasteiger partial charge on any atom is -0.124 e. The van der Waals surface area contributed by atoms with Gasteiger partial charge in [0.2, 0.25) is 0 Å². The molecular weight excluding hydrogens is 227 g/mol. The normalized spacial score (nSPS) is 21.5. The third kappa shape index (κ3) is 2.16. The van der Waals surface area contributed by atoms with E-state index in [-0.39, 0.29) is 4.87 Å². The van der Waals surface area contributed by atoms with Crippen LogP contribution >= 0.6 is 23.2 Å². The number of hydrogen-bond acceptors (Lipinski definition) is 0. The molecule has 0 aromatic heterocycles. The number of benzene rings is 1. The Kier molecular flexibility index (Phi) is 3.58. The highest BCUT2D eigenvalue weighted by Crippen LogP contribution is 2.46. The van der Waals surface area contributed by atoms with E-state index in [1.807, 2.05) is 18.2 Å². The standard InChI is InChI=1S/C13H16Cl2/c14-10-13(15,12-8-4-5-9-12)11-6-2-1-3-7-11/h1-3,6-7,12H,4-5,8-10H2. The molecule has 15 heavy (non-hydrogen) atoms. The predicted octanol–water partition coefficient (Wildman–Crippen LogP) is 4.55. The van der Waals surface area contributed by atoms with Crippen LogP contribution in [0.3, 0.4) is 0 Å². The minimum atomic E-state index is -0.348. The summed E-state index contributed by atoms with van der Waals surface area (Å²) in [5.41, 5.74) is 1.17. The van der Waals surface area contributed by atoms with Crippen LogP contribution in [0.25, 0.3) is 0 Å². The molecule has 0 spiro atoms. The van der Waals surface area contributed by atoms with Crippen LogP contribution in [0.1, 0.15) is 31.2 Å². The lowest BCUT2D eigenvalue weighted by atomic mass is 9.85. The molecule has 0 amide bonds. The first-order valence-corrected chi connectivity index (χ1v) is 6.49. The van der Waals surface area contributed by atoms with Crippen molar-refractivity contribution >= 4 is 23.2 Å². The van der Waals surface area contributed by atoms with E-state index in [9.17, 15) is 0 Å². The van der Waals surface area contributed by atoms with Crippen molar-refractivity contribution in [2.45, 2.75) is 30.6 Å². The number of hydrogen-bond donors (Lipinski definition) is 0. The average Bonchev–Trinajstić information content (AvgIpc) is 2.83. The second kappa shape index (κ2) is 4.76. The van der Waals surface area contributed by atoms with Crippen molar-refractivity contribution < 1.29 is 0 Å². The van der Waals surface area contributed by atoms with Gasteiger partial charge in [-0.3, -0.25) is 0 Å². The largest absolute Gasteiger partial charge is 0.124 e. The molecule has 0 saturated heterocycles. The molecule has 0 aliphatic heterocycles. The van der Waals surface area contributed by atoms with Crippen LogP contribution in [-0.2, 0) is 4.87 Å². The first-order valence-electron chi connectivity index (χ1n) is 5.58. The van der Waals surface area contributed by atoms with E-state index in [0.717, 1.165) is 0 Å². The van der Waals surface area contributed by atoms with Gasteiger partial charge >= 0.3 is 0 Å². The highest BCUT2D eigenvalue weighted by Gasteiger charge is 2.39. The first-order chi connectivity index (χ1) is 7.27. The van der Waals surface area contributed by atoms with Crippen molar-refractivity contribution in [2.24, 2.45) is 5.92 Å². The Bertz CT molecular complexity index is 304. The van der Waals surface area contributed by atoms with Gasteiger partial charge < -0.3 is 0 Å². The quantitative estimate of drug-likeness (QED) is 0.683. The van der Waals surface area contributed by atoms with Gasteiger partial charge in [0, 0.05) is 5.88 Å². The Hall–Kier alpha value is -0.200. The van der Waals surface area contributed by atoms with Gasteiger partial charge in [0.05, 0.1) is 4.87 Å². The Morgan fingerprint density at radius 2 is 1.73 bits per heavy atom. The summed E-state index contributed by atoms with van der Waals surface area (Å²) in [6.45, 7) is 0. The molecule has 1 saturated carbocycles. The summed E-state index contributed by atoms with van der Waals surface area (Å²) in [5, 5.41) is 0. The van der Waals surface area contributed by atoms with E-state index < -0.39 is 0 Å². The lowest BCUT2D eigenvalue weighted by Gasteiger charge is -2.31. The zero-order valence-electron chi connectivity index (χ0n) is 8.76. The minimum absolute atomic E-state index is 0.348. The third-order valence-corrected chi connectivity index (χ3v) is 4.67. The molecule has 82 valence electrons. The second-order valence-corrected chi connectivity index (χ2v) is 5.29. The summed E-state index contributed by atoms with van der Waals surface area (Å²) in [7, 11) is 0. The average molecular weight is 243 g/mol. The molecular formula is C13H16Cl2. The van der Waals surface area contributed by atoms with E-state index in [4.69, 9.17) is 23.2 Å². The summed E-state index contributed by atoms with van der Waals surface area (Å²) >= 11 is 12.8. The fraction of sp³-hybridized carbons (Fsp3) is 0.538. The molecule has 1 aromatic carbocycles. The maximum absolute atomic E-state index is 6.72. The van der Waals surface area contributed by atoms with Gasteiger partial charge in [-0.25, -0.2) is 0 Å². The summed E-state index contributed by atoms with van der Waals surface area (Å²) in [5.74, 6) is 1.04. The van der Waals surface area contributed by atoms with Crippen molar-refractivity contribution in [3.05, 3.63) is 35.9 Å². The fourth-order valence-electron chi connectivity index (χ4n) is 2.52. The molecule has 2 heteroatoms. The van der Waals surface area contributed by atoms with Gasteiger partial charge in [-0.1, -0.05) is 43.2 Å². The van der Waals surface area contributed by atoms with Gasteiger partial charge in [0.1, 0.15) is 0 Å². The first kappa shape index (κ1) is 11.3. The lowest BCUT2D eigenvalue weighted by molar-refractivity contribution is 0.415. The summed E-state index contributed by atoms with van der Waals surface area (Å²) in [6.07, 6.45) is 5.02. The SMILES string of the molecule is ClCC(Cl)(c1ccccc1)C1CCCC1. The smallest absolute Gasteiger partial charge is 0.0857 e. The van der Waals surface area contributed by atoms with Gasteiger partial charge in [-0.2, -0.15) is 0 Å².